The van der Waals surface area contributed by atoms with E-state index in [1.807, 2.05) is 6.92 Å². The van der Waals surface area contributed by atoms with Crippen LogP contribution in [0, 0.1) is 6.92 Å². The fourth-order valence-electron chi connectivity index (χ4n) is 1.56. The average molecular weight is 225 g/mol. The maximum absolute atomic E-state index is 10.8. The summed E-state index contributed by atoms with van der Waals surface area (Å²) in [7, 11) is 0. The molecule has 2 rings (SSSR count). The molecule has 0 spiro atoms. The number of rotatable bonds is 1. The molecule has 1 aromatic rings. The molecular formula is C11H9ClO3. The number of fused-ring (bicyclic) bond motifs is 1. The third kappa shape index (κ3) is 1.83. The number of hydrogen-bond donors (Lipinski definition) is 1. The number of hydrogen-bond acceptors (Lipinski definition) is 2. The van der Waals surface area contributed by atoms with Crippen LogP contribution in [0.2, 0.25) is 5.02 Å². The average Bonchev–Trinajstić information content (AvgIpc) is 2.16. The maximum atomic E-state index is 10.8. The van der Waals surface area contributed by atoms with Crippen molar-refractivity contribution in [1.29, 1.82) is 0 Å². The minimum Gasteiger partial charge on any atom is -0.488 e. The Morgan fingerprint density at radius 2 is 2.27 bits per heavy atom. The van der Waals surface area contributed by atoms with Crippen molar-refractivity contribution in [3.63, 3.8) is 0 Å². The van der Waals surface area contributed by atoms with Crippen molar-refractivity contribution in [2.75, 3.05) is 6.61 Å². The summed E-state index contributed by atoms with van der Waals surface area (Å²) in [6.45, 7) is 1.98. The van der Waals surface area contributed by atoms with Gasteiger partial charge in [0.05, 0.1) is 5.57 Å². The van der Waals surface area contributed by atoms with Crippen LogP contribution in [0.4, 0.5) is 0 Å². The molecule has 1 aliphatic rings. The van der Waals surface area contributed by atoms with E-state index < -0.39 is 5.97 Å². The molecule has 1 aromatic carbocycles. The van der Waals surface area contributed by atoms with E-state index in [0.717, 1.165) is 11.1 Å². The quantitative estimate of drug-likeness (QED) is 0.797. The lowest BCUT2D eigenvalue weighted by atomic mass is 10.0. The Kier molecular flexibility index (Phi) is 2.40. The topological polar surface area (TPSA) is 46.5 Å². The van der Waals surface area contributed by atoms with Crippen molar-refractivity contribution in [3.8, 4) is 5.75 Å². The summed E-state index contributed by atoms with van der Waals surface area (Å²) >= 11 is 5.88. The van der Waals surface area contributed by atoms with E-state index in [-0.39, 0.29) is 12.2 Å². The van der Waals surface area contributed by atoms with Gasteiger partial charge >= 0.3 is 5.97 Å². The first kappa shape index (κ1) is 10.1. The summed E-state index contributed by atoms with van der Waals surface area (Å²) < 4.78 is 5.38. The summed E-state index contributed by atoms with van der Waals surface area (Å²) in [6.07, 6.45) is 1.60. The number of carbonyl (C=O) groups is 1. The molecule has 0 saturated heterocycles. The summed E-state index contributed by atoms with van der Waals surface area (Å²) in [4.78, 5) is 10.8. The molecule has 0 saturated carbocycles. The van der Waals surface area contributed by atoms with Gasteiger partial charge < -0.3 is 9.84 Å². The van der Waals surface area contributed by atoms with E-state index in [4.69, 9.17) is 21.4 Å². The highest BCUT2D eigenvalue weighted by molar-refractivity contribution is 6.30. The Morgan fingerprint density at radius 1 is 1.53 bits per heavy atom. The van der Waals surface area contributed by atoms with Crippen LogP contribution in [-0.4, -0.2) is 17.7 Å². The third-order valence-electron chi connectivity index (χ3n) is 2.24. The summed E-state index contributed by atoms with van der Waals surface area (Å²) in [5.41, 5.74) is 1.88. The maximum Gasteiger partial charge on any atom is 0.335 e. The third-order valence-corrected chi connectivity index (χ3v) is 2.46. The Hall–Kier alpha value is -1.48. The van der Waals surface area contributed by atoms with Gasteiger partial charge in [-0.3, -0.25) is 0 Å². The molecule has 0 bridgehead atoms. The second-order valence-corrected chi connectivity index (χ2v) is 3.84. The molecule has 0 radical (unpaired) electrons. The zero-order valence-corrected chi connectivity index (χ0v) is 8.84. The van der Waals surface area contributed by atoms with Gasteiger partial charge in [0.25, 0.3) is 0 Å². The van der Waals surface area contributed by atoms with E-state index in [1.165, 1.54) is 0 Å². The minimum absolute atomic E-state index is 0.102. The number of carboxylic acids is 1. The molecular weight excluding hydrogens is 216 g/mol. The van der Waals surface area contributed by atoms with Crippen molar-refractivity contribution in [2.45, 2.75) is 6.92 Å². The Balaban J connectivity index is 2.54. The highest BCUT2D eigenvalue weighted by Crippen LogP contribution is 2.32. The molecule has 78 valence electrons. The first-order valence-corrected chi connectivity index (χ1v) is 4.82. The fourth-order valence-corrected chi connectivity index (χ4v) is 1.84. The second kappa shape index (κ2) is 3.59. The summed E-state index contributed by atoms with van der Waals surface area (Å²) in [5, 5.41) is 9.40. The number of ether oxygens (including phenoxy) is 1. The van der Waals surface area contributed by atoms with Gasteiger partial charge in [-0.15, -0.1) is 0 Å². The Morgan fingerprint density at radius 3 is 2.93 bits per heavy atom. The highest BCUT2D eigenvalue weighted by Gasteiger charge is 2.18. The van der Waals surface area contributed by atoms with Gasteiger partial charge in [-0.2, -0.15) is 0 Å². The highest BCUT2D eigenvalue weighted by atomic mass is 35.5. The number of carboxylic acid groups (broad SMARTS) is 1. The molecule has 15 heavy (non-hydrogen) atoms. The van der Waals surface area contributed by atoms with Crippen LogP contribution in [0.25, 0.3) is 6.08 Å². The van der Waals surface area contributed by atoms with Gasteiger partial charge in [0, 0.05) is 10.6 Å². The number of aryl methyl sites for hydroxylation is 1. The van der Waals surface area contributed by atoms with E-state index >= 15 is 0 Å². The van der Waals surface area contributed by atoms with Crippen LogP contribution in [0.5, 0.6) is 5.75 Å². The number of aliphatic carboxylic acids is 1. The predicted octanol–water partition coefficient (Wildman–Crippen LogP) is 2.51. The van der Waals surface area contributed by atoms with Crippen molar-refractivity contribution in [2.24, 2.45) is 0 Å². The number of benzene rings is 1. The van der Waals surface area contributed by atoms with Crippen LogP contribution in [-0.2, 0) is 4.79 Å². The van der Waals surface area contributed by atoms with Crippen molar-refractivity contribution >= 4 is 23.6 Å². The lowest BCUT2D eigenvalue weighted by molar-refractivity contribution is -0.132. The fraction of sp³-hybridized carbons (Fsp3) is 0.182. The van der Waals surface area contributed by atoms with Gasteiger partial charge in [-0.05, 0) is 30.7 Å². The molecule has 3 nitrogen and oxygen atoms in total. The molecule has 4 heteroatoms. The van der Waals surface area contributed by atoms with Gasteiger partial charge in [-0.25, -0.2) is 4.79 Å². The van der Waals surface area contributed by atoms with E-state index in [1.54, 1.807) is 18.2 Å². The molecule has 1 heterocycles. The second-order valence-electron chi connectivity index (χ2n) is 3.40. The lowest BCUT2D eigenvalue weighted by Gasteiger charge is -2.18. The van der Waals surface area contributed by atoms with Gasteiger partial charge in [0.1, 0.15) is 12.4 Å². The normalized spacial score (nSPS) is 13.9. The van der Waals surface area contributed by atoms with Gasteiger partial charge in [0.2, 0.25) is 0 Å². The SMILES string of the molecule is Cc1cc(Cl)cc2c1OCC(C(=O)O)=C2. The molecule has 0 aliphatic carbocycles. The summed E-state index contributed by atoms with van der Waals surface area (Å²) in [5.74, 6) is -0.248. The predicted molar refractivity (Wildman–Crippen MR) is 57.3 cm³/mol. The molecule has 0 atom stereocenters. The van der Waals surface area contributed by atoms with E-state index in [0.29, 0.717) is 10.8 Å². The molecule has 0 unspecified atom stereocenters. The lowest BCUT2D eigenvalue weighted by Crippen LogP contribution is -2.14. The Bertz CT molecular complexity index is 463. The zero-order valence-electron chi connectivity index (χ0n) is 8.08. The first-order chi connectivity index (χ1) is 7.08. The Labute approximate surface area is 91.9 Å². The van der Waals surface area contributed by atoms with Crippen molar-refractivity contribution in [1.82, 2.24) is 0 Å². The van der Waals surface area contributed by atoms with Crippen molar-refractivity contribution < 1.29 is 14.6 Å². The van der Waals surface area contributed by atoms with Gasteiger partial charge in [0.15, 0.2) is 0 Å². The first-order valence-electron chi connectivity index (χ1n) is 4.45. The van der Waals surface area contributed by atoms with E-state index in [9.17, 15) is 4.79 Å². The molecule has 1 aliphatic heterocycles. The minimum atomic E-state index is -0.960. The molecule has 0 amide bonds. The molecule has 0 aromatic heterocycles. The monoisotopic (exact) mass is 224 g/mol. The van der Waals surface area contributed by atoms with Gasteiger partial charge in [-0.1, -0.05) is 11.6 Å². The summed E-state index contributed by atoms with van der Waals surface area (Å²) in [6, 6.07) is 3.49. The number of halogens is 1. The van der Waals surface area contributed by atoms with Crippen LogP contribution in [0.1, 0.15) is 11.1 Å². The largest absolute Gasteiger partial charge is 0.488 e. The zero-order chi connectivity index (χ0) is 11.0. The smallest absolute Gasteiger partial charge is 0.335 e. The van der Waals surface area contributed by atoms with Crippen LogP contribution >= 0.6 is 11.6 Å². The van der Waals surface area contributed by atoms with Crippen LogP contribution in [0.15, 0.2) is 17.7 Å². The van der Waals surface area contributed by atoms with Crippen molar-refractivity contribution in [3.05, 3.63) is 33.9 Å². The standard InChI is InChI=1S/C11H9ClO3/c1-6-2-9(12)4-7-3-8(11(13)14)5-15-10(6)7/h2-4H,5H2,1H3,(H,13,14). The molecule has 1 N–H and O–H groups in total. The molecule has 0 fully saturated rings. The van der Waals surface area contributed by atoms with Crippen LogP contribution < -0.4 is 4.74 Å². The van der Waals surface area contributed by atoms with Crippen LogP contribution in [0.3, 0.4) is 0 Å². The van der Waals surface area contributed by atoms with E-state index in [2.05, 4.69) is 0 Å².